The van der Waals surface area contributed by atoms with Crippen LogP contribution in [0, 0.1) is 6.92 Å². The molecule has 116 valence electrons. The number of aromatic nitrogens is 2. The maximum atomic E-state index is 4.91. The van der Waals surface area contributed by atoms with Crippen LogP contribution in [-0.4, -0.2) is 15.5 Å². The van der Waals surface area contributed by atoms with E-state index in [-0.39, 0.29) is 5.54 Å². The molecular weight excluding hydrogens is 282 g/mol. The summed E-state index contributed by atoms with van der Waals surface area (Å²) in [7, 11) is 0. The monoisotopic (exact) mass is 303 g/mol. The normalized spacial score (nSPS) is 12.3. The summed E-state index contributed by atoms with van der Waals surface area (Å²) in [4.78, 5) is 8.50. The average Bonchev–Trinajstić information content (AvgIpc) is 2.85. The van der Waals surface area contributed by atoms with E-state index in [4.69, 9.17) is 4.98 Å². The first-order valence-electron chi connectivity index (χ1n) is 8.01. The Labute approximate surface area is 135 Å². The van der Waals surface area contributed by atoms with Crippen molar-refractivity contribution in [3.05, 3.63) is 48.0 Å². The number of nitrogens with one attached hydrogen (secondary N) is 2. The second-order valence-corrected chi connectivity index (χ2v) is 7.28. The van der Waals surface area contributed by atoms with E-state index >= 15 is 0 Å². The van der Waals surface area contributed by atoms with Crippen LogP contribution in [0.15, 0.2) is 42.5 Å². The molecule has 0 radical (unpaired) electrons. The summed E-state index contributed by atoms with van der Waals surface area (Å²) in [5, 5.41) is 7.15. The zero-order valence-electron chi connectivity index (χ0n) is 14.0. The molecule has 0 bridgehead atoms. The van der Waals surface area contributed by atoms with Crippen LogP contribution in [0.4, 0.5) is 5.82 Å². The molecule has 3 nitrogen and oxygen atoms in total. The molecule has 2 aromatic heterocycles. The molecule has 23 heavy (non-hydrogen) atoms. The predicted molar refractivity (Wildman–Crippen MR) is 99.2 cm³/mol. The number of hydrogen-bond donors (Lipinski definition) is 2. The van der Waals surface area contributed by atoms with Gasteiger partial charge in [0.25, 0.3) is 0 Å². The van der Waals surface area contributed by atoms with Gasteiger partial charge in [-0.1, -0.05) is 29.8 Å². The number of H-pyrrole nitrogens is 1. The van der Waals surface area contributed by atoms with Gasteiger partial charge in [0.05, 0.1) is 16.4 Å². The molecule has 0 aliphatic rings. The highest BCUT2D eigenvalue weighted by Crippen LogP contribution is 2.36. The topological polar surface area (TPSA) is 40.7 Å². The third-order valence-electron chi connectivity index (χ3n) is 4.09. The summed E-state index contributed by atoms with van der Waals surface area (Å²) in [5.74, 6) is 0.947. The standard InChI is InChI=1S/C20H21N3/c1-12-9-10-16-14(11-12)17-18(21-16)13-7-5-6-8-15(13)22-19(17)23-20(2,3)4/h5-11,21H,1-4H3,(H,22,23). The second kappa shape index (κ2) is 4.72. The van der Waals surface area contributed by atoms with Gasteiger partial charge in [0.1, 0.15) is 5.82 Å². The first-order chi connectivity index (χ1) is 10.9. The van der Waals surface area contributed by atoms with Gasteiger partial charge in [0, 0.05) is 21.8 Å². The third kappa shape index (κ3) is 2.33. The summed E-state index contributed by atoms with van der Waals surface area (Å²) in [6.45, 7) is 8.62. The fourth-order valence-electron chi connectivity index (χ4n) is 3.16. The van der Waals surface area contributed by atoms with Crippen LogP contribution in [0.2, 0.25) is 0 Å². The minimum absolute atomic E-state index is 0.0458. The summed E-state index contributed by atoms with van der Waals surface area (Å²) >= 11 is 0. The average molecular weight is 303 g/mol. The van der Waals surface area contributed by atoms with Gasteiger partial charge in [-0.3, -0.25) is 0 Å². The SMILES string of the molecule is Cc1ccc2[nH]c3c4ccccc4nc(NC(C)(C)C)c3c2c1. The van der Waals surface area contributed by atoms with E-state index in [9.17, 15) is 0 Å². The molecule has 2 heterocycles. The number of fused-ring (bicyclic) bond motifs is 5. The fraction of sp³-hybridized carbons (Fsp3) is 0.250. The van der Waals surface area contributed by atoms with E-state index in [1.807, 2.05) is 6.07 Å². The lowest BCUT2D eigenvalue weighted by molar-refractivity contribution is 0.632. The van der Waals surface area contributed by atoms with Gasteiger partial charge in [-0.15, -0.1) is 0 Å². The van der Waals surface area contributed by atoms with Gasteiger partial charge in [0.15, 0.2) is 0 Å². The van der Waals surface area contributed by atoms with E-state index in [1.54, 1.807) is 0 Å². The Morgan fingerprint density at radius 1 is 1.00 bits per heavy atom. The molecule has 0 saturated heterocycles. The number of benzene rings is 2. The van der Waals surface area contributed by atoms with E-state index in [0.717, 1.165) is 27.8 Å². The Morgan fingerprint density at radius 3 is 2.57 bits per heavy atom. The molecule has 0 aliphatic carbocycles. The fourth-order valence-corrected chi connectivity index (χ4v) is 3.16. The van der Waals surface area contributed by atoms with Crippen LogP contribution in [-0.2, 0) is 0 Å². The Hall–Kier alpha value is -2.55. The van der Waals surface area contributed by atoms with Crippen LogP contribution >= 0.6 is 0 Å². The number of anilines is 1. The molecule has 0 atom stereocenters. The maximum Gasteiger partial charge on any atom is 0.137 e. The summed E-state index contributed by atoms with van der Waals surface area (Å²) < 4.78 is 0. The number of para-hydroxylation sites is 1. The Bertz CT molecular complexity index is 1040. The van der Waals surface area contributed by atoms with Crippen molar-refractivity contribution in [1.82, 2.24) is 9.97 Å². The third-order valence-corrected chi connectivity index (χ3v) is 4.09. The lowest BCUT2D eigenvalue weighted by Crippen LogP contribution is -2.26. The Kier molecular flexibility index (Phi) is 2.89. The highest BCUT2D eigenvalue weighted by Gasteiger charge is 2.18. The van der Waals surface area contributed by atoms with Crippen molar-refractivity contribution in [3.8, 4) is 0 Å². The Morgan fingerprint density at radius 2 is 1.78 bits per heavy atom. The molecular formula is C20H21N3. The number of aromatic amines is 1. The minimum atomic E-state index is -0.0458. The number of rotatable bonds is 1. The van der Waals surface area contributed by atoms with E-state index in [2.05, 4.69) is 74.4 Å². The highest BCUT2D eigenvalue weighted by molar-refractivity contribution is 6.20. The van der Waals surface area contributed by atoms with E-state index in [0.29, 0.717) is 0 Å². The molecule has 3 heteroatoms. The van der Waals surface area contributed by atoms with E-state index in [1.165, 1.54) is 16.3 Å². The molecule has 4 rings (SSSR count). The lowest BCUT2D eigenvalue weighted by Gasteiger charge is -2.22. The predicted octanol–water partition coefficient (Wildman–Crippen LogP) is 5.39. The Balaban J connectivity index is 2.19. The minimum Gasteiger partial charge on any atom is -0.365 e. The number of aryl methyl sites for hydroxylation is 1. The van der Waals surface area contributed by atoms with Gasteiger partial charge in [-0.05, 0) is 45.9 Å². The van der Waals surface area contributed by atoms with Crippen LogP contribution in [0.5, 0.6) is 0 Å². The summed E-state index contributed by atoms with van der Waals surface area (Å²) in [6, 6.07) is 14.8. The van der Waals surface area contributed by atoms with Crippen molar-refractivity contribution in [3.63, 3.8) is 0 Å². The molecule has 2 aromatic carbocycles. The first kappa shape index (κ1) is 14.1. The van der Waals surface area contributed by atoms with Crippen LogP contribution < -0.4 is 5.32 Å². The van der Waals surface area contributed by atoms with Crippen molar-refractivity contribution in [2.45, 2.75) is 33.2 Å². The smallest absolute Gasteiger partial charge is 0.137 e. The molecule has 0 aliphatic heterocycles. The summed E-state index contributed by atoms with van der Waals surface area (Å²) in [5.41, 5.74) is 4.53. The van der Waals surface area contributed by atoms with Crippen LogP contribution in [0.3, 0.4) is 0 Å². The molecule has 0 fully saturated rings. The largest absolute Gasteiger partial charge is 0.365 e. The zero-order chi connectivity index (χ0) is 16.2. The van der Waals surface area contributed by atoms with Crippen molar-refractivity contribution >= 4 is 38.5 Å². The maximum absolute atomic E-state index is 4.91. The first-order valence-corrected chi connectivity index (χ1v) is 8.01. The second-order valence-electron chi connectivity index (χ2n) is 7.28. The van der Waals surface area contributed by atoms with E-state index < -0.39 is 0 Å². The number of pyridine rings is 1. The summed E-state index contributed by atoms with van der Waals surface area (Å²) in [6.07, 6.45) is 0. The van der Waals surface area contributed by atoms with Gasteiger partial charge >= 0.3 is 0 Å². The van der Waals surface area contributed by atoms with Crippen molar-refractivity contribution in [2.24, 2.45) is 0 Å². The molecule has 0 unspecified atom stereocenters. The molecule has 0 spiro atoms. The van der Waals surface area contributed by atoms with Crippen molar-refractivity contribution in [2.75, 3.05) is 5.32 Å². The molecule has 0 amide bonds. The van der Waals surface area contributed by atoms with Gasteiger partial charge in [0.2, 0.25) is 0 Å². The molecule has 2 N–H and O–H groups in total. The van der Waals surface area contributed by atoms with Gasteiger partial charge in [-0.2, -0.15) is 0 Å². The highest BCUT2D eigenvalue weighted by atomic mass is 15.0. The quantitative estimate of drug-likeness (QED) is 0.495. The molecule has 4 aromatic rings. The van der Waals surface area contributed by atoms with Crippen LogP contribution in [0.1, 0.15) is 26.3 Å². The van der Waals surface area contributed by atoms with Crippen molar-refractivity contribution in [1.29, 1.82) is 0 Å². The lowest BCUT2D eigenvalue weighted by atomic mass is 10.1. The number of nitrogens with zero attached hydrogens (tertiary/aromatic N) is 1. The van der Waals surface area contributed by atoms with Crippen molar-refractivity contribution < 1.29 is 0 Å². The van der Waals surface area contributed by atoms with Gasteiger partial charge in [-0.25, -0.2) is 4.98 Å². The zero-order valence-corrected chi connectivity index (χ0v) is 14.0. The van der Waals surface area contributed by atoms with Crippen LogP contribution in [0.25, 0.3) is 32.7 Å². The molecule has 0 saturated carbocycles. The number of hydrogen-bond acceptors (Lipinski definition) is 2. The van der Waals surface area contributed by atoms with Gasteiger partial charge < -0.3 is 10.3 Å².